The zero-order chi connectivity index (χ0) is 11.8. The largest absolute Gasteiger partial charge is 0.369 e. The third-order valence-electron chi connectivity index (χ3n) is 2.54. The van der Waals surface area contributed by atoms with E-state index in [1.165, 1.54) is 6.20 Å². The van der Waals surface area contributed by atoms with Crippen molar-refractivity contribution in [1.82, 2.24) is 4.98 Å². The van der Waals surface area contributed by atoms with Crippen LogP contribution in [-0.2, 0) is 10.1 Å². The number of aromatic nitrogens is 1. The van der Waals surface area contributed by atoms with Crippen LogP contribution in [0.3, 0.4) is 0 Å². The van der Waals surface area contributed by atoms with Crippen LogP contribution in [0.5, 0.6) is 0 Å². The van der Waals surface area contributed by atoms with Crippen LogP contribution in [0.2, 0.25) is 5.02 Å². The zero-order valence-electron chi connectivity index (χ0n) is 8.43. The van der Waals surface area contributed by atoms with Crippen molar-refractivity contribution in [1.29, 1.82) is 0 Å². The molecule has 0 aromatic carbocycles. The van der Waals surface area contributed by atoms with Gasteiger partial charge in [0.1, 0.15) is 4.90 Å². The van der Waals surface area contributed by atoms with Crippen molar-refractivity contribution in [3.8, 4) is 0 Å². The Balaban J connectivity index is 2.57. The summed E-state index contributed by atoms with van der Waals surface area (Å²) in [5.41, 5.74) is 0.358. The summed E-state index contributed by atoms with van der Waals surface area (Å²) in [6.45, 7) is 1.48. The summed E-state index contributed by atoms with van der Waals surface area (Å²) in [5.74, 6) is 0. The predicted molar refractivity (Wildman–Crippen MR) is 60.5 cm³/mol. The van der Waals surface area contributed by atoms with Crippen molar-refractivity contribution in [3.63, 3.8) is 0 Å². The number of nitrogens with zero attached hydrogens (tertiary/aromatic N) is 2. The van der Waals surface area contributed by atoms with Crippen molar-refractivity contribution in [2.24, 2.45) is 0 Å². The van der Waals surface area contributed by atoms with E-state index in [0.717, 1.165) is 32.1 Å². The number of halogens is 1. The van der Waals surface area contributed by atoms with Gasteiger partial charge in [0.2, 0.25) is 0 Å². The van der Waals surface area contributed by atoms with E-state index in [2.05, 4.69) is 4.98 Å². The monoisotopic (exact) mass is 262 g/mol. The predicted octanol–water partition coefficient (Wildman–Crippen LogP) is 1.58. The second-order valence-electron chi connectivity index (χ2n) is 3.64. The number of hydrogen-bond donors (Lipinski definition) is 1. The minimum atomic E-state index is -4.28. The lowest BCUT2D eigenvalue weighted by atomic mass is 10.3. The lowest BCUT2D eigenvalue weighted by Crippen LogP contribution is -2.21. The van der Waals surface area contributed by atoms with E-state index < -0.39 is 10.1 Å². The van der Waals surface area contributed by atoms with Crippen LogP contribution in [0, 0.1) is 0 Å². The fraction of sp³-hybridized carbons (Fsp3) is 0.444. The Morgan fingerprint density at radius 1 is 1.31 bits per heavy atom. The lowest BCUT2D eigenvalue weighted by molar-refractivity contribution is 0.482. The van der Waals surface area contributed by atoms with Gasteiger partial charge in [-0.05, 0) is 12.8 Å². The highest BCUT2D eigenvalue weighted by Crippen LogP contribution is 2.33. The molecule has 88 valence electrons. The minimum absolute atomic E-state index is 0.220. The van der Waals surface area contributed by atoms with Crippen LogP contribution in [0.15, 0.2) is 17.3 Å². The van der Waals surface area contributed by atoms with E-state index in [4.69, 9.17) is 16.2 Å². The molecule has 2 rings (SSSR count). The topological polar surface area (TPSA) is 70.5 Å². The summed E-state index contributed by atoms with van der Waals surface area (Å²) in [7, 11) is -4.28. The van der Waals surface area contributed by atoms with Crippen molar-refractivity contribution in [3.05, 3.63) is 17.4 Å². The molecule has 1 N–H and O–H groups in total. The SMILES string of the molecule is O=S(=O)(O)c1cncc(Cl)c1N1CCCC1. The molecule has 1 fully saturated rings. The molecule has 1 aromatic rings. The summed E-state index contributed by atoms with van der Waals surface area (Å²) in [6, 6.07) is 0. The number of rotatable bonds is 2. The van der Waals surface area contributed by atoms with E-state index in [1.54, 1.807) is 0 Å². The molecular weight excluding hydrogens is 252 g/mol. The molecule has 1 aromatic heterocycles. The molecule has 1 saturated heterocycles. The highest BCUT2D eigenvalue weighted by molar-refractivity contribution is 7.86. The molecule has 0 saturated carbocycles. The van der Waals surface area contributed by atoms with Gasteiger partial charge in [-0.1, -0.05) is 11.6 Å². The van der Waals surface area contributed by atoms with E-state index in [-0.39, 0.29) is 9.92 Å². The summed E-state index contributed by atoms with van der Waals surface area (Å²) in [4.78, 5) is 5.32. The smallest absolute Gasteiger partial charge is 0.298 e. The zero-order valence-corrected chi connectivity index (χ0v) is 10.00. The molecule has 0 atom stereocenters. The Bertz CT molecular complexity index is 497. The van der Waals surface area contributed by atoms with Crippen molar-refractivity contribution in [2.75, 3.05) is 18.0 Å². The van der Waals surface area contributed by atoms with Crippen LogP contribution >= 0.6 is 11.6 Å². The van der Waals surface area contributed by atoms with E-state index in [0.29, 0.717) is 5.69 Å². The third kappa shape index (κ3) is 2.14. The highest BCUT2D eigenvalue weighted by Gasteiger charge is 2.24. The Hall–Kier alpha value is -0.850. The Morgan fingerprint density at radius 2 is 1.94 bits per heavy atom. The van der Waals surface area contributed by atoms with Gasteiger partial charge in [0.05, 0.1) is 16.9 Å². The van der Waals surface area contributed by atoms with Crippen molar-refractivity contribution < 1.29 is 13.0 Å². The molecule has 1 aliphatic heterocycles. The van der Waals surface area contributed by atoms with Gasteiger partial charge in [0.25, 0.3) is 10.1 Å². The quantitative estimate of drug-likeness (QED) is 0.820. The summed E-state index contributed by atoms with van der Waals surface area (Å²) in [5, 5.41) is 0.247. The summed E-state index contributed by atoms with van der Waals surface area (Å²) in [6.07, 6.45) is 4.48. The molecule has 2 heterocycles. The maximum Gasteiger partial charge on any atom is 0.298 e. The lowest BCUT2D eigenvalue weighted by Gasteiger charge is -2.20. The molecule has 0 amide bonds. The first kappa shape index (κ1) is 11.6. The molecule has 1 aliphatic rings. The molecule has 0 unspecified atom stereocenters. The van der Waals surface area contributed by atoms with Gasteiger partial charge >= 0.3 is 0 Å². The molecule has 0 spiro atoms. The number of anilines is 1. The van der Waals surface area contributed by atoms with E-state index >= 15 is 0 Å². The first-order chi connectivity index (χ1) is 7.50. The molecule has 5 nitrogen and oxygen atoms in total. The van der Waals surface area contributed by atoms with Gasteiger partial charge in [0, 0.05) is 19.3 Å². The second kappa shape index (κ2) is 4.20. The van der Waals surface area contributed by atoms with Gasteiger partial charge < -0.3 is 4.90 Å². The van der Waals surface area contributed by atoms with Gasteiger partial charge in [-0.2, -0.15) is 8.42 Å². The van der Waals surface area contributed by atoms with Crippen molar-refractivity contribution >= 4 is 27.4 Å². The first-order valence-electron chi connectivity index (χ1n) is 4.86. The average Bonchev–Trinajstić information content (AvgIpc) is 2.68. The highest BCUT2D eigenvalue weighted by atomic mass is 35.5. The van der Waals surface area contributed by atoms with Gasteiger partial charge in [-0.3, -0.25) is 9.54 Å². The Kier molecular flexibility index (Phi) is 3.05. The fourth-order valence-corrected chi connectivity index (χ4v) is 2.86. The second-order valence-corrected chi connectivity index (χ2v) is 5.43. The van der Waals surface area contributed by atoms with E-state index in [9.17, 15) is 8.42 Å². The van der Waals surface area contributed by atoms with Crippen LogP contribution in [0.4, 0.5) is 5.69 Å². The van der Waals surface area contributed by atoms with Crippen molar-refractivity contribution in [2.45, 2.75) is 17.7 Å². The van der Waals surface area contributed by atoms with Gasteiger partial charge in [-0.25, -0.2) is 0 Å². The van der Waals surface area contributed by atoms with Gasteiger partial charge in [0.15, 0.2) is 0 Å². The van der Waals surface area contributed by atoms with E-state index in [1.807, 2.05) is 4.90 Å². The Morgan fingerprint density at radius 3 is 2.50 bits per heavy atom. The molecule has 0 radical (unpaired) electrons. The minimum Gasteiger partial charge on any atom is -0.369 e. The summed E-state index contributed by atoms with van der Waals surface area (Å²) >= 11 is 5.94. The number of hydrogen-bond acceptors (Lipinski definition) is 4. The normalized spacial score (nSPS) is 16.8. The van der Waals surface area contributed by atoms with Crippen LogP contribution < -0.4 is 4.90 Å². The van der Waals surface area contributed by atoms with Crippen LogP contribution in [-0.4, -0.2) is 31.0 Å². The number of pyridine rings is 1. The third-order valence-corrected chi connectivity index (χ3v) is 3.67. The maximum absolute atomic E-state index is 11.2. The molecule has 0 aliphatic carbocycles. The molecule has 16 heavy (non-hydrogen) atoms. The summed E-state index contributed by atoms with van der Waals surface area (Å²) < 4.78 is 31.5. The first-order valence-corrected chi connectivity index (χ1v) is 6.68. The van der Waals surface area contributed by atoms with Gasteiger partial charge in [-0.15, -0.1) is 0 Å². The maximum atomic E-state index is 11.2. The average molecular weight is 263 g/mol. The Labute approximate surface area is 98.8 Å². The molecule has 0 bridgehead atoms. The molecule has 7 heteroatoms. The van der Waals surface area contributed by atoms with Crippen LogP contribution in [0.25, 0.3) is 0 Å². The molecular formula is C9H11ClN2O3S. The van der Waals surface area contributed by atoms with Crippen LogP contribution in [0.1, 0.15) is 12.8 Å². The standard InChI is InChI=1S/C9H11ClN2O3S/c10-7-5-11-6-8(16(13,14)15)9(7)12-3-1-2-4-12/h5-6H,1-4H2,(H,13,14,15). The fourth-order valence-electron chi connectivity index (χ4n) is 1.85.